The summed E-state index contributed by atoms with van der Waals surface area (Å²) in [6.45, 7) is 10.2. The summed E-state index contributed by atoms with van der Waals surface area (Å²) in [6, 6.07) is 10.00. The van der Waals surface area contributed by atoms with Gasteiger partial charge in [-0.05, 0) is 46.8 Å². The van der Waals surface area contributed by atoms with Crippen LogP contribution in [0.1, 0.15) is 33.3 Å². The van der Waals surface area contributed by atoms with Crippen LogP contribution in [-0.2, 0) is 9.31 Å². The maximum atomic E-state index is 6.05. The first-order chi connectivity index (χ1) is 10.3. The molecule has 0 unspecified atom stereocenters. The smallest absolute Gasteiger partial charge is 0.398 e. The summed E-state index contributed by atoms with van der Waals surface area (Å²) in [4.78, 5) is 9.01. The van der Waals surface area contributed by atoms with Gasteiger partial charge >= 0.3 is 7.12 Å². The molecule has 3 rings (SSSR count). The van der Waals surface area contributed by atoms with Crippen molar-refractivity contribution in [3.05, 3.63) is 42.1 Å². The summed E-state index contributed by atoms with van der Waals surface area (Å²) >= 11 is 0. The Balaban J connectivity index is 1.93. The van der Waals surface area contributed by atoms with Gasteiger partial charge in [-0.25, -0.2) is 9.97 Å². The summed E-state index contributed by atoms with van der Waals surface area (Å²) in [5.41, 5.74) is 2.20. The van der Waals surface area contributed by atoms with Crippen LogP contribution < -0.4 is 5.59 Å². The molecule has 0 amide bonds. The topological polar surface area (TPSA) is 44.2 Å². The average Bonchev–Trinajstić information content (AvgIpc) is 2.68. The monoisotopic (exact) mass is 296 g/mol. The predicted octanol–water partition coefficient (Wildman–Crippen LogP) is 2.75. The first-order valence-corrected chi connectivity index (χ1v) is 7.54. The number of aromatic nitrogens is 2. The van der Waals surface area contributed by atoms with Crippen LogP contribution in [0, 0.1) is 6.92 Å². The zero-order valence-corrected chi connectivity index (χ0v) is 13.8. The highest BCUT2D eigenvalue weighted by Gasteiger charge is 2.52. The van der Waals surface area contributed by atoms with E-state index in [0.717, 1.165) is 11.2 Å². The standard InChI is InChI=1S/C17H21BN2O2/c1-12-7-6-8-13(11-12)15-19-10-9-14(20-15)18-21-16(2,3)17(4,5)22-18/h6-11H,1-5H3. The number of nitrogens with zero attached hydrogens (tertiary/aromatic N) is 2. The molecule has 1 fully saturated rings. The average molecular weight is 296 g/mol. The molecular weight excluding hydrogens is 275 g/mol. The molecule has 1 aliphatic heterocycles. The molecule has 1 aromatic heterocycles. The van der Waals surface area contributed by atoms with Gasteiger partial charge in [-0.3, -0.25) is 0 Å². The molecule has 0 spiro atoms. The van der Waals surface area contributed by atoms with Crippen molar-refractivity contribution < 1.29 is 9.31 Å². The Labute approximate surface area is 132 Å². The highest BCUT2D eigenvalue weighted by Crippen LogP contribution is 2.36. The summed E-state index contributed by atoms with van der Waals surface area (Å²) < 4.78 is 12.1. The van der Waals surface area contributed by atoms with Crippen LogP contribution in [0.5, 0.6) is 0 Å². The van der Waals surface area contributed by atoms with Crippen LogP contribution >= 0.6 is 0 Å². The Hall–Kier alpha value is -1.72. The first kappa shape index (κ1) is 15.2. The minimum absolute atomic E-state index is 0.369. The molecule has 114 valence electrons. The lowest BCUT2D eigenvalue weighted by atomic mass is 9.84. The third-order valence-corrected chi connectivity index (χ3v) is 4.45. The van der Waals surface area contributed by atoms with Gasteiger partial charge in [0.15, 0.2) is 5.82 Å². The van der Waals surface area contributed by atoms with Crippen LogP contribution in [0.15, 0.2) is 36.5 Å². The molecule has 22 heavy (non-hydrogen) atoms. The van der Waals surface area contributed by atoms with E-state index in [1.54, 1.807) is 6.20 Å². The number of hydrogen-bond donors (Lipinski definition) is 0. The van der Waals surface area contributed by atoms with Gasteiger partial charge < -0.3 is 9.31 Å². The zero-order valence-electron chi connectivity index (χ0n) is 13.8. The largest absolute Gasteiger partial charge is 0.514 e. The van der Waals surface area contributed by atoms with Gasteiger partial charge in [-0.2, -0.15) is 0 Å². The second-order valence-electron chi connectivity index (χ2n) is 6.76. The Morgan fingerprint density at radius 1 is 1.00 bits per heavy atom. The number of aryl methyl sites for hydroxylation is 1. The Bertz CT molecular complexity index is 685. The van der Waals surface area contributed by atoms with E-state index in [1.807, 2.05) is 45.9 Å². The zero-order chi connectivity index (χ0) is 16.0. The van der Waals surface area contributed by atoms with Gasteiger partial charge in [0, 0.05) is 11.8 Å². The van der Waals surface area contributed by atoms with E-state index >= 15 is 0 Å². The van der Waals surface area contributed by atoms with E-state index < -0.39 is 7.12 Å². The van der Waals surface area contributed by atoms with Crippen LogP contribution in [0.4, 0.5) is 0 Å². The number of benzene rings is 1. The van der Waals surface area contributed by atoms with Crippen molar-refractivity contribution in [1.29, 1.82) is 0 Å². The Morgan fingerprint density at radius 2 is 1.68 bits per heavy atom. The van der Waals surface area contributed by atoms with Gasteiger partial charge in [0.1, 0.15) is 0 Å². The van der Waals surface area contributed by atoms with Gasteiger partial charge in [0.05, 0.1) is 16.8 Å². The normalized spacial score (nSPS) is 19.4. The second-order valence-corrected chi connectivity index (χ2v) is 6.76. The number of rotatable bonds is 2. The Morgan fingerprint density at radius 3 is 2.32 bits per heavy atom. The van der Waals surface area contributed by atoms with Crippen molar-refractivity contribution in [2.75, 3.05) is 0 Å². The van der Waals surface area contributed by atoms with E-state index in [-0.39, 0.29) is 11.2 Å². The lowest BCUT2D eigenvalue weighted by Gasteiger charge is -2.32. The number of hydrogen-bond acceptors (Lipinski definition) is 4. The summed E-state index contributed by atoms with van der Waals surface area (Å²) in [7, 11) is -0.462. The molecule has 0 atom stereocenters. The minimum Gasteiger partial charge on any atom is -0.398 e. The Kier molecular flexibility index (Phi) is 3.58. The van der Waals surface area contributed by atoms with Crippen molar-refractivity contribution in [1.82, 2.24) is 9.97 Å². The molecule has 5 heteroatoms. The van der Waals surface area contributed by atoms with Gasteiger partial charge in [0.25, 0.3) is 0 Å². The van der Waals surface area contributed by atoms with E-state index in [1.165, 1.54) is 5.56 Å². The first-order valence-electron chi connectivity index (χ1n) is 7.54. The van der Waals surface area contributed by atoms with Crippen molar-refractivity contribution in [3.8, 4) is 11.4 Å². The molecule has 0 bridgehead atoms. The molecule has 0 N–H and O–H groups in total. The SMILES string of the molecule is Cc1cccc(-c2nccc(B3OC(C)(C)C(C)(C)O3)n2)c1. The fourth-order valence-corrected chi connectivity index (χ4v) is 2.39. The summed E-state index contributed by atoms with van der Waals surface area (Å²) in [5, 5.41) is 0. The molecule has 2 heterocycles. The van der Waals surface area contributed by atoms with E-state index in [2.05, 4.69) is 29.0 Å². The molecule has 0 radical (unpaired) electrons. The predicted molar refractivity (Wildman–Crippen MR) is 87.9 cm³/mol. The van der Waals surface area contributed by atoms with Crippen molar-refractivity contribution in [2.24, 2.45) is 0 Å². The van der Waals surface area contributed by atoms with Gasteiger partial charge in [-0.1, -0.05) is 23.8 Å². The van der Waals surface area contributed by atoms with Crippen LogP contribution in [0.25, 0.3) is 11.4 Å². The molecular formula is C17H21BN2O2. The second kappa shape index (κ2) is 5.18. The third kappa shape index (κ3) is 2.66. The van der Waals surface area contributed by atoms with E-state index in [9.17, 15) is 0 Å². The molecule has 1 saturated heterocycles. The third-order valence-electron chi connectivity index (χ3n) is 4.45. The molecule has 4 nitrogen and oxygen atoms in total. The van der Waals surface area contributed by atoms with E-state index in [0.29, 0.717) is 5.82 Å². The van der Waals surface area contributed by atoms with Crippen LogP contribution in [0.3, 0.4) is 0 Å². The molecule has 1 aliphatic rings. The lowest BCUT2D eigenvalue weighted by molar-refractivity contribution is 0.00578. The maximum Gasteiger partial charge on any atom is 0.514 e. The fourth-order valence-electron chi connectivity index (χ4n) is 2.39. The van der Waals surface area contributed by atoms with Crippen molar-refractivity contribution in [2.45, 2.75) is 45.8 Å². The quantitative estimate of drug-likeness (QED) is 0.799. The molecule has 2 aromatic rings. The van der Waals surface area contributed by atoms with Crippen LogP contribution in [-0.4, -0.2) is 28.3 Å². The van der Waals surface area contributed by atoms with Gasteiger partial charge in [-0.15, -0.1) is 0 Å². The fraction of sp³-hybridized carbons (Fsp3) is 0.412. The van der Waals surface area contributed by atoms with Crippen molar-refractivity contribution >= 4 is 12.7 Å². The molecule has 0 saturated carbocycles. The van der Waals surface area contributed by atoms with Crippen LogP contribution in [0.2, 0.25) is 0 Å². The van der Waals surface area contributed by atoms with Crippen molar-refractivity contribution in [3.63, 3.8) is 0 Å². The van der Waals surface area contributed by atoms with E-state index in [4.69, 9.17) is 9.31 Å². The highest BCUT2D eigenvalue weighted by atomic mass is 16.7. The maximum absolute atomic E-state index is 6.05. The highest BCUT2D eigenvalue weighted by molar-refractivity contribution is 6.61. The lowest BCUT2D eigenvalue weighted by Crippen LogP contribution is -2.41. The summed E-state index contributed by atoms with van der Waals surface area (Å²) in [6.07, 6.45) is 1.76. The molecule has 0 aliphatic carbocycles. The molecule has 1 aromatic carbocycles. The minimum atomic E-state index is -0.462. The van der Waals surface area contributed by atoms with Gasteiger partial charge in [0.2, 0.25) is 0 Å². The summed E-state index contributed by atoms with van der Waals surface area (Å²) in [5.74, 6) is 0.691.